The zero-order chi connectivity index (χ0) is 26.7. The number of rotatable bonds is 6. The van der Waals surface area contributed by atoms with Crippen molar-refractivity contribution in [2.75, 3.05) is 80.8 Å². The number of piperidine rings is 1. The number of hydrogen-bond donors (Lipinski definition) is 1. The minimum Gasteiger partial charge on any atom is -0.379 e. The van der Waals surface area contributed by atoms with E-state index in [2.05, 4.69) is 48.8 Å². The molecular weight excluding hydrogens is 504 g/mol. The largest absolute Gasteiger partial charge is 0.379 e. The highest BCUT2D eigenvalue weighted by Crippen LogP contribution is 2.34. The molecule has 7 rings (SSSR count). The van der Waals surface area contributed by atoms with Crippen molar-refractivity contribution in [1.82, 2.24) is 24.4 Å². The first-order chi connectivity index (χ1) is 19.8. The predicted molar refractivity (Wildman–Crippen MR) is 158 cm³/mol. The molecule has 0 bridgehead atoms. The average molecular weight is 547 g/mol. The molecule has 0 unspecified atom stereocenters. The van der Waals surface area contributed by atoms with Crippen molar-refractivity contribution < 1.29 is 9.47 Å². The summed E-state index contributed by atoms with van der Waals surface area (Å²) < 4.78 is 13.4. The number of imidazole rings is 1. The molecule has 1 aliphatic carbocycles. The number of anilines is 4. The quantitative estimate of drug-likeness (QED) is 0.489. The van der Waals surface area contributed by atoms with E-state index < -0.39 is 0 Å². The van der Waals surface area contributed by atoms with Gasteiger partial charge in [0, 0.05) is 62.7 Å². The molecule has 1 saturated carbocycles. The molecule has 4 fully saturated rings. The summed E-state index contributed by atoms with van der Waals surface area (Å²) in [5.74, 6) is 1.61. The third kappa shape index (κ3) is 5.49. The van der Waals surface area contributed by atoms with Gasteiger partial charge in [0.05, 0.1) is 32.8 Å². The van der Waals surface area contributed by atoms with Gasteiger partial charge in [0.15, 0.2) is 17.0 Å². The van der Waals surface area contributed by atoms with Crippen LogP contribution in [0.15, 0.2) is 30.6 Å². The Labute approximate surface area is 236 Å². The summed E-state index contributed by atoms with van der Waals surface area (Å²) in [5.41, 5.74) is 4.06. The van der Waals surface area contributed by atoms with E-state index in [1.165, 1.54) is 37.8 Å². The number of morpholine rings is 2. The Bertz CT molecular complexity index is 1250. The van der Waals surface area contributed by atoms with Crippen molar-refractivity contribution in [3.05, 3.63) is 30.6 Å². The number of benzene rings is 1. The molecule has 3 saturated heterocycles. The first-order valence-corrected chi connectivity index (χ1v) is 15.3. The van der Waals surface area contributed by atoms with Crippen LogP contribution in [0.2, 0.25) is 0 Å². The first-order valence-electron chi connectivity index (χ1n) is 15.3. The van der Waals surface area contributed by atoms with Crippen molar-refractivity contribution in [1.29, 1.82) is 0 Å². The van der Waals surface area contributed by atoms with E-state index in [0.29, 0.717) is 12.1 Å². The van der Waals surface area contributed by atoms with Crippen LogP contribution in [0.1, 0.15) is 51.0 Å². The average Bonchev–Trinajstić information content (AvgIpc) is 3.47. The topological polar surface area (TPSA) is 83.8 Å². The maximum atomic E-state index is 5.58. The molecular formula is C30H42N8O2. The van der Waals surface area contributed by atoms with Gasteiger partial charge >= 0.3 is 0 Å². The van der Waals surface area contributed by atoms with Crippen molar-refractivity contribution >= 4 is 34.3 Å². The molecule has 0 spiro atoms. The second-order valence-electron chi connectivity index (χ2n) is 11.6. The highest BCUT2D eigenvalue weighted by Gasteiger charge is 2.28. The lowest BCUT2D eigenvalue weighted by molar-refractivity contribution is 0.0114. The van der Waals surface area contributed by atoms with Crippen LogP contribution in [0.3, 0.4) is 0 Å². The van der Waals surface area contributed by atoms with Gasteiger partial charge in [-0.3, -0.25) is 4.90 Å². The van der Waals surface area contributed by atoms with E-state index in [9.17, 15) is 0 Å². The Kier molecular flexibility index (Phi) is 7.72. The van der Waals surface area contributed by atoms with Crippen molar-refractivity contribution in [3.8, 4) is 0 Å². The fourth-order valence-corrected chi connectivity index (χ4v) is 6.85. The van der Waals surface area contributed by atoms with Crippen LogP contribution in [-0.4, -0.2) is 96.2 Å². The second kappa shape index (κ2) is 11.9. The highest BCUT2D eigenvalue weighted by molar-refractivity contribution is 5.87. The number of nitrogens with zero attached hydrogens (tertiary/aromatic N) is 7. The third-order valence-electron chi connectivity index (χ3n) is 9.19. The Balaban J connectivity index is 1.15. The molecule has 3 aliphatic heterocycles. The fraction of sp³-hybridized carbons (Fsp3) is 0.633. The number of fused-ring (bicyclic) bond motifs is 1. The van der Waals surface area contributed by atoms with Gasteiger partial charge in [-0.05, 0) is 49.9 Å². The van der Waals surface area contributed by atoms with Crippen LogP contribution >= 0.6 is 0 Å². The Hall–Kier alpha value is -2.95. The minimum atomic E-state index is 0.467. The molecule has 1 aromatic carbocycles. The number of ether oxygens (including phenoxy) is 2. The van der Waals surface area contributed by atoms with E-state index >= 15 is 0 Å². The smallest absolute Gasteiger partial charge is 0.229 e. The zero-order valence-corrected chi connectivity index (χ0v) is 23.5. The molecule has 2 aromatic heterocycles. The summed E-state index contributed by atoms with van der Waals surface area (Å²) in [6, 6.07) is 9.75. The minimum absolute atomic E-state index is 0.467. The fourth-order valence-electron chi connectivity index (χ4n) is 6.85. The van der Waals surface area contributed by atoms with E-state index in [1.54, 1.807) is 0 Å². The molecule has 0 atom stereocenters. The van der Waals surface area contributed by atoms with Gasteiger partial charge in [-0.25, -0.2) is 4.98 Å². The second-order valence-corrected chi connectivity index (χ2v) is 11.6. The number of aromatic nitrogens is 4. The van der Waals surface area contributed by atoms with Gasteiger partial charge in [0.2, 0.25) is 5.95 Å². The summed E-state index contributed by atoms with van der Waals surface area (Å²) in [4.78, 5) is 22.5. The molecule has 0 amide bonds. The van der Waals surface area contributed by atoms with Crippen LogP contribution in [0.5, 0.6) is 0 Å². The van der Waals surface area contributed by atoms with Crippen molar-refractivity contribution in [3.63, 3.8) is 0 Å². The Morgan fingerprint density at radius 1 is 0.700 bits per heavy atom. The van der Waals surface area contributed by atoms with Crippen molar-refractivity contribution in [2.24, 2.45) is 0 Å². The molecule has 5 heterocycles. The summed E-state index contributed by atoms with van der Waals surface area (Å²) in [6.07, 6.45) is 10.5. The maximum absolute atomic E-state index is 5.58. The standard InChI is InChI=1S/C30H42N8O2/c1-2-4-26(5-3-1)38-22-31-27-28(32-23-6-8-24(9-7-23)35-14-18-39-19-15-35)33-30(34-29(27)38)37-12-10-25(11-13-37)36-16-20-40-21-17-36/h6-9,22,25-26H,1-5,10-21H2,(H,32,33,34). The van der Waals surface area contributed by atoms with Gasteiger partial charge < -0.3 is 29.2 Å². The molecule has 10 heteroatoms. The van der Waals surface area contributed by atoms with Gasteiger partial charge in [0.1, 0.15) is 0 Å². The van der Waals surface area contributed by atoms with E-state index in [4.69, 9.17) is 24.4 Å². The van der Waals surface area contributed by atoms with Crippen LogP contribution in [0.4, 0.5) is 23.1 Å². The Morgan fingerprint density at radius 3 is 2.12 bits per heavy atom. The first kappa shape index (κ1) is 26.0. The monoisotopic (exact) mass is 546 g/mol. The third-order valence-corrected chi connectivity index (χ3v) is 9.19. The van der Waals surface area contributed by atoms with E-state index in [0.717, 1.165) is 107 Å². The molecule has 1 N–H and O–H groups in total. The van der Waals surface area contributed by atoms with Crippen LogP contribution in [0.25, 0.3) is 11.2 Å². The molecule has 0 radical (unpaired) electrons. The SMILES string of the molecule is c1cc(N2CCOCC2)ccc1Nc1nc(N2CCC(N3CCOCC3)CC2)nc2c1ncn2C1CCCCC1. The van der Waals surface area contributed by atoms with Crippen LogP contribution in [0, 0.1) is 0 Å². The van der Waals surface area contributed by atoms with Crippen LogP contribution < -0.4 is 15.1 Å². The molecule has 214 valence electrons. The lowest BCUT2D eigenvalue weighted by Gasteiger charge is -2.40. The molecule has 3 aromatic rings. The van der Waals surface area contributed by atoms with Gasteiger partial charge in [-0.1, -0.05) is 19.3 Å². The van der Waals surface area contributed by atoms with E-state index in [-0.39, 0.29) is 0 Å². The maximum Gasteiger partial charge on any atom is 0.229 e. The highest BCUT2D eigenvalue weighted by atomic mass is 16.5. The predicted octanol–water partition coefficient (Wildman–Crippen LogP) is 4.21. The normalized spacial score (nSPS) is 22.2. The van der Waals surface area contributed by atoms with Crippen molar-refractivity contribution in [2.45, 2.75) is 57.0 Å². The summed E-state index contributed by atoms with van der Waals surface area (Å²) >= 11 is 0. The summed E-state index contributed by atoms with van der Waals surface area (Å²) in [7, 11) is 0. The van der Waals surface area contributed by atoms with Gasteiger partial charge in [-0.15, -0.1) is 0 Å². The van der Waals surface area contributed by atoms with Gasteiger partial charge in [-0.2, -0.15) is 9.97 Å². The van der Waals surface area contributed by atoms with Crippen LogP contribution in [-0.2, 0) is 9.47 Å². The lowest BCUT2D eigenvalue weighted by atomic mass is 9.95. The van der Waals surface area contributed by atoms with E-state index in [1.807, 2.05) is 6.33 Å². The number of hydrogen-bond acceptors (Lipinski definition) is 9. The summed E-state index contributed by atoms with van der Waals surface area (Å²) in [5, 5.41) is 3.61. The molecule has 10 nitrogen and oxygen atoms in total. The Morgan fingerprint density at radius 2 is 1.40 bits per heavy atom. The molecule has 40 heavy (non-hydrogen) atoms. The lowest BCUT2D eigenvalue weighted by Crippen LogP contribution is -2.49. The zero-order valence-electron chi connectivity index (χ0n) is 23.5. The number of nitrogens with one attached hydrogen (secondary N) is 1. The van der Waals surface area contributed by atoms with Gasteiger partial charge in [0.25, 0.3) is 0 Å². The molecule has 4 aliphatic rings. The summed E-state index contributed by atoms with van der Waals surface area (Å²) in [6.45, 7) is 9.19.